The van der Waals surface area contributed by atoms with E-state index in [1.165, 1.54) is 12.3 Å². The Labute approximate surface area is 126 Å². The maximum Gasteiger partial charge on any atom is 0.354 e. The van der Waals surface area contributed by atoms with Crippen molar-refractivity contribution in [1.29, 1.82) is 0 Å². The number of nitrogens with zero attached hydrogens (tertiary/aromatic N) is 1. The van der Waals surface area contributed by atoms with Crippen molar-refractivity contribution in [3.8, 4) is 0 Å². The highest BCUT2D eigenvalue weighted by Crippen LogP contribution is 2.15. The van der Waals surface area contributed by atoms with Crippen LogP contribution in [0, 0.1) is 5.92 Å². The zero-order valence-electron chi connectivity index (χ0n) is 12.8. The molecule has 1 aromatic rings. The molecule has 0 amide bonds. The van der Waals surface area contributed by atoms with Crippen LogP contribution in [0.2, 0.25) is 0 Å². The summed E-state index contributed by atoms with van der Waals surface area (Å²) in [5.41, 5.74) is 0.227. The molecule has 1 heterocycles. The summed E-state index contributed by atoms with van der Waals surface area (Å²) in [6, 6.07) is 1.27. The van der Waals surface area contributed by atoms with Gasteiger partial charge in [-0.3, -0.25) is 0 Å². The molecule has 1 rings (SSSR count). The fourth-order valence-corrected chi connectivity index (χ4v) is 2.52. The average Bonchev–Trinajstić information content (AvgIpc) is 2.78. The topological polar surface area (TPSA) is 91.4 Å². The minimum atomic E-state index is -3.82. The number of esters is 1. The number of ether oxygens (including phenoxy) is 1. The van der Waals surface area contributed by atoms with Gasteiger partial charge in [-0.25, -0.2) is 18.4 Å². The molecule has 0 fully saturated rings. The normalized spacial score (nSPS) is 11.9. The number of hydrogen-bond acceptors (Lipinski definition) is 4. The molecular formula is C14H24N2O4S. The minimum absolute atomic E-state index is 0.0647. The highest BCUT2D eigenvalue weighted by Gasteiger charge is 2.19. The van der Waals surface area contributed by atoms with Gasteiger partial charge >= 0.3 is 5.97 Å². The van der Waals surface area contributed by atoms with Crippen LogP contribution in [0.5, 0.6) is 0 Å². The molecule has 0 unspecified atom stereocenters. The third kappa shape index (κ3) is 5.51. The van der Waals surface area contributed by atoms with E-state index in [0.29, 0.717) is 19.1 Å². The predicted molar refractivity (Wildman–Crippen MR) is 80.5 cm³/mol. The number of hydrogen-bond donors (Lipinski definition) is 1. The standard InChI is InChI=1S/C14H24N2O4S/c1-4-7-16-10-12(21(15,18)19)9-13(16)14(17)20-8-5-6-11(2)3/h9-11H,4-8H2,1-3H3,(H2,15,18,19). The van der Waals surface area contributed by atoms with E-state index in [2.05, 4.69) is 13.8 Å². The van der Waals surface area contributed by atoms with Gasteiger partial charge in [0.15, 0.2) is 0 Å². The summed E-state index contributed by atoms with van der Waals surface area (Å²) in [7, 11) is -3.82. The van der Waals surface area contributed by atoms with Crippen molar-refractivity contribution in [3.63, 3.8) is 0 Å². The van der Waals surface area contributed by atoms with Gasteiger partial charge in [-0.15, -0.1) is 0 Å². The summed E-state index contributed by atoms with van der Waals surface area (Å²) in [5, 5.41) is 5.10. The molecule has 0 saturated heterocycles. The zero-order valence-corrected chi connectivity index (χ0v) is 13.6. The molecule has 0 aliphatic rings. The highest BCUT2D eigenvalue weighted by atomic mass is 32.2. The lowest BCUT2D eigenvalue weighted by Crippen LogP contribution is -2.12. The summed E-state index contributed by atoms with van der Waals surface area (Å²) < 4.78 is 29.5. The first-order chi connectivity index (χ1) is 9.75. The molecule has 7 heteroatoms. The molecule has 0 saturated carbocycles. The summed E-state index contributed by atoms with van der Waals surface area (Å²) >= 11 is 0. The molecular weight excluding hydrogens is 292 g/mol. The van der Waals surface area contributed by atoms with Crippen molar-refractivity contribution >= 4 is 16.0 Å². The van der Waals surface area contributed by atoms with E-state index in [0.717, 1.165) is 19.3 Å². The Kier molecular flexibility index (Phi) is 6.42. The molecule has 120 valence electrons. The Balaban J connectivity index is 2.80. The van der Waals surface area contributed by atoms with Crippen molar-refractivity contribution in [2.45, 2.75) is 51.5 Å². The number of aromatic nitrogens is 1. The molecule has 1 aromatic heterocycles. The van der Waals surface area contributed by atoms with E-state index in [-0.39, 0.29) is 10.6 Å². The monoisotopic (exact) mass is 316 g/mol. The largest absolute Gasteiger partial charge is 0.461 e. The molecule has 0 spiro atoms. The minimum Gasteiger partial charge on any atom is -0.461 e. The van der Waals surface area contributed by atoms with Crippen LogP contribution in [0.15, 0.2) is 17.2 Å². The molecule has 2 N–H and O–H groups in total. The van der Waals surface area contributed by atoms with Crippen LogP contribution >= 0.6 is 0 Å². The number of primary sulfonamides is 1. The molecule has 0 bridgehead atoms. The van der Waals surface area contributed by atoms with E-state index >= 15 is 0 Å². The van der Waals surface area contributed by atoms with Gasteiger partial charge in [-0.2, -0.15) is 0 Å². The fraction of sp³-hybridized carbons (Fsp3) is 0.643. The Morgan fingerprint density at radius 2 is 2.10 bits per heavy atom. The fourth-order valence-electron chi connectivity index (χ4n) is 1.97. The maximum atomic E-state index is 12.0. The molecule has 0 radical (unpaired) electrons. The van der Waals surface area contributed by atoms with Gasteiger partial charge in [0.2, 0.25) is 10.0 Å². The first-order valence-electron chi connectivity index (χ1n) is 7.15. The van der Waals surface area contributed by atoms with Crippen LogP contribution in [-0.2, 0) is 21.3 Å². The van der Waals surface area contributed by atoms with Crippen molar-refractivity contribution in [1.82, 2.24) is 4.57 Å². The quantitative estimate of drug-likeness (QED) is 0.587. The number of sulfonamides is 1. The zero-order chi connectivity index (χ0) is 16.0. The van der Waals surface area contributed by atoms with Gasteiger partial charge in [0.1, 0.15) is 10.6 Å². The maximum absolute atomic E-state index is 12.0. The van der Waals surface area contributed by atoms with Crippen LogP contribution < -0.4 is 5.14 Å². The number of carbonyl (C=O) groups is 1. The van der Waals surface area contributed by atoms with Gasteiger partial charge in [0, 0.05) is 12.7 Å². The second-order valence-electron chi connectivity index (χ2n) is 5.47. The number of aryl methyl sites for hydroxylation is 1. The average molecular weight is 316 g/mol. The number of carbonyl (C=O) groups excluding carboxylic acids is 1. The van der Waals surface area contributed by atoms with Gasteiger partial charge in [-0.05, 0) is 31.2 Å². The molecule has 0 aliphatic heterocycles. The third-order valence-corrected chi connectivity index (χ3v) is 3.91. The van der Waals surface area contributed by atoms with Gasteiger partial charge < -0.3 is 9.30 Å². The summed E-state index contributed by atoms with van der Waals surface area (Å²) in [5.74, 6) is 0.0451. The molecule has 6 nitrogen and oxygen atoms in total. The number of rotatable bonds is 8. The van der Waals surface area contributed by atoms with Crippen molar-refractivity contribution < 1.29 is 17.9 Å². The lowest BCUT2D eigenvalue weighted by molar-refractivity contribution is 0.0482. The Morgan fingerprint density at radius 3 is 2.62 bits per heavy atom. The van der Waals surface area contributed by atoms with Crippen molar-refractivity contribution in [2.24, 2.45) is 11.1 Å². The van der Waals surface area contributed by atoms with E-state index in [4.69, 9.17) is 9.88 Å². The van der Waals surface area contributed by atoms with Crippen LogP contribution in [0.4, 0.5) is 0 Å². The van der Waals surface area contributed by atoms with E-state index in [9.17, 15) is 13.2 Å². The van der Waals surface area contributed by atoms with Crippen molar-refractivity contribution in [3.05, 3.63) is 18.0 Å². The SMILES string of the molecule is CCCn1cc(S(N)(=O)=O)cc1C(=O)OCCCC(C)C. The number of nitrogens with two attached hydrogens (primary N) is 1. The van der Waals surface area contributed by atoms with E-state index in [1.54, 1.807) is 4.57 Å². The van der Waals surface area contributed by atoms with Crippen molar-refractivity contribution in [2.75, 3.05) is 6.61 Å². The van der Waals surface area contributed by atoms with Gasteiger partial charge in [0.05, 0.1) is 6.61 Å². The van der Waals surface area contributed by atoms with Crippen LogP contribution in [0.1, 0.15) is 50.5 Å². The molecule has 21 heavy (non-hydrogen) atoms. The van der Waals surface area contributed by atoms with Gasteiger partial charge in [0.25, 0.3) is 0 Å². The second kappa shape index (κ2) is 7.61. The Bertz CT molecular complexity index is 576. The predicted octanol–water partition coefficient (Wildman–Crippen LogP) is 2.14. The first kappa shape index (κ1) is 17.7. The summed E-state index contributed by atoms with van der Waals surface area (Å²) in [6.45, 7) is 7.01. The third-order valence-electron chi connectivity index (χ3n) is 3.03. The van der Waals surface area contributed by atoms with E-state index < -0.39 is 16.0 Å². The second-order valence-corrected chi connectivity index (χ2v) is 7.03. The summed E-state index contributed by atoms with van der Waals surface area (Å²) in [6.07, 6.45) is 3.92. The Hall–Kier alpha value is -1.34. The lowest BCUT2D eigenvalue weighted by atomic mass is 10.1. The van der Waals surface area contributed by atoms with E-state index in [1.807, 2.05) is 6.92 Å². The molecule has 0 atom stereocenters. The lowest BCUT2D eigenvalue weighted by Gasteiger charge is -2.08. The van der Waals surface area contributed by atoms with Gasteiger partial charge in [-0.1, -0.05) is 20.8 Å². The smallest absolute Gasteiger partial charge is 0.354 e. The molecule has 0 aromatic carbocycles. The Morgan fingerprint density at radius 1 is 1.43 bits per heavy atom. The van der Waals surface area contributed by atoms with Crippen LogP contribution in [0.25, 0.3) is 0 Å². The highest BCUT2D eigenvalue weighted by molar-refractivity contribution is 7.89. The van der Waals surface area contributed by atoms with Crippen LogP contribution in [0.3, 0.4) is 0 Å². The summed E-state index contributed by atoms with van der Waals surface area (Å²) in [4.78, 5) is 12.0. The molecule has 0 aliphatic carbocycles. The first-order valence-corrected chi connectivity index (χ1v) is 8.70. The van der Waals surface area contributed by atoms with Crippen LogP contribution in [-0.4, -0.2) is 25.6 Å².